The second kappa shape index (κ2) is 5.27. The van der Waals surface area contributed by atoms with Gasteiger partial charge in [0.2, 0.25) is 0 Å². The fourth-order valence-electron chi connectivity index (χ4n) is 1.83. The van der Waals surface area contributed by atoms with E-state index in [1.807, 2.05) is 30.8 Å². The van der Waals surface area contributed by atoms with Crippen LogP contribution in [0, 0.1) is 6.92 Å². The van der Waals surface area contributed by atoms with Crippen molar-refractivity contribution >= 4 is 0 Å². The highest BCUT2D eigenvalue weighted by molar-refractivity contribution is 5.44. The molecule has 0 saturated carbocycles. The maximum Gasteiger partial charge on any atom is 0.196 e. The number of rotatable bonds is 4. The van der Waals surface area contributed by atoms with Crippen molar-refractivity contribution in [1.29, 1.82) is 0 Å². The normalized spacial score (nSPS) is 12.7. The molecule has 0 amide bonds. The first-order valence-electron chi connectivity index (χ1n) is 6.18. The van der Waals surface area contributed by atoms with Crippen molar-refractivity contribution in [1.82, 2.24) is 19.5 Å². The van der Waals surface area contributed by atoms with Gasteiger partial charge in [-0.1, -0.05) is 6.92 Å². The number of nitrogens with zero attached hydrogens (tertiary/aromatic N) is 4. The molecule has 0 fully saturated rings. The second-order valence-corrected chi connectivity index (χ2v) is 4.56. The van der Waals surface area contributed by atoms with Crippen molar-refractivity contribution in [3.8, 4) is 11.6 Å². The highest BCUT2D eigenvalue weighted by atomic mass is 15.1. The van der Waals surface area contributed by atoms with Gasteiger partial charge in [0.25, 0.3) is 0 Å². The molecule has 2 N–H and O–H groups in total. The highest BCUT2D eigenvalue weighted by Crippen LogP contribution is 2.14. The van der Waals surface area contributed by atoms with E-state index in [-0.39, 0.29) is 6.04 Å². The number of imidazole rings is 1. The smallest absolute Gasteiger partial charge is 0.196 e. The van der Waals surface area contributed by atoms with Crippen LogP contribution in [-0.4, -0.2) is 25.6 Å². The van der Waals surface area contributed by atoms with Gasteiger partial charge in [-0.15, -0.1) is 0 Å². The van der Waals surface area contributed by atoms with Gasteiger partial charge < -0.3 is 10.3 Å². The molecule has 5 nitrogen and oxygen atoms in total. The molecule has 0 spiro atoms. The van der Waals surface area contributed by atoms with Crippen molar-refractivity contribution in [3.05, 3.63) is 29.8 Å². The summed E-state index contributed by atoms with van der Waals surface area (Å²) in [5, 5.41) is 0. The van der Waals surface area contributed by atoms with Crippen LogP contribution in [0.5, 0.6) is 0 Å². The summed E-state index contributed by atoms with van der Waals surface area (Å²) >= 11 is 0. The Labute approximate surface area is 107 Å². The lowest BCUT2D eigenvalue weighted by Gasteiger charge is -2.10. The van der Waals surface area contributed by atoms with E-state index in [4.69, 9.17) is 5.73 Å². The molecular weight excluding hydrogens is 226 g/mol. The molecule has 0 aliphatic heterocycles. The molecule has 0 aliphatic carbocycles. The van der Waals surface area contributed by atoms with Crippen molar-refractivity contribution in [2.24, 2.45) is 12.8 Å². The van der Waals surface area contributed by atoms with Gasteiger partial charge in [-0.3, -0.25) is 0 Å². The van der Waals surface area contributed by atoms with E-state index in [0.717, 1.165) is 30.1 Å². The molecule has 96 valence electrons. The molecule has 1 atom stereocenters. The van der Waals surface area contributed by atoms with Crippen LogP contribution in [0.3, 0.4) is 0 Å². The monoisotopic (exact) mass is 245 g/mol. The fourth-order valence-corrected chi connectivity index (χ4v) is 1.83. The third-order valence-electron chi connectivity index (χ3n) is 2.92. The first kappa shape index (κ1) is 12.7. The van der Waals surface area contributed by atoms with Crippen LogP contribution in [0.1, 0.15) is 24.7 Å². The Morgan fingerprint density at radius 3 is 2.78 bits per heavy atom. The zero-order valence-electron chi connectivity index (χ0n) is 11.1. The summed E-state index contributed by atoms with van der Waals surface area (Å²) in [5.74, 6) is 1.45. The summed E-state index contributed by atoms with van der Waals surface area (Å²) in [7, 11) is 1.94. The lowest BCUT2D eigenvalue weighted by atomic mass is 10.1. The number of hydrogen-bond donors (Lipinski definition) is 1. The maximum atomic E-state index is 5.97. The Hall–Kier alpha value is -1.75. The standard InChI is InChI=1S/C13H19N5/c1-4-10(14)8-11-7-9(2)16-12(17-11)13-15-5-6-18(13)3/h5-7,10H,4,8,14H2,1-3H3. The number of nitrogens with two attached hydrogens (primary N) is 1. The summed E-state index contributed by atoms with van der Waals surface area (Å²) in [6.45, 7) is 4.05. The minimum Gasteiger partial charge on any atom is -0.331 e. The van der Waals surface area contributed by atoms with E-state index in [1.54, 1.807) is 6.20 Å². The number of aryl methyl sites for hydroxylation is 2. The van der Waals surface area contributed by atoms with E-state index < -0.39 is 0 Å². The zero-order valence-corrected chi connectivity index (χ0v) is 11.1. The maximum absolute atomic E-state index is 5.97. The average Bonchev–Trinajstić information content (AvgIpc) is 2.74. The largest absolute Gasteiger partial charge is 0.331 e. The SMILES string of the molecule is CCC(N)Cc1cc(C)nc(-c2nccn2C)n1. The topological polar surface area (TPSA) is 69.6 Å². The molecule has 2 heterocycles. The van der Waals surface area contributed by atoms with E-state index >= 15 is 0 Å². The first-order chi connectivity index (χ1) is 8.60. The molecular formula is C13H19N5. The lowest BCUT2D eigenvalue weighted by Crippen LogP contribution is -2.22. The van der Waals surface area contributed by atoms with Gasteiger partial charge in [-0.2, -0.15) is 0 Å². The molecule has 0 radical (unpaired) electrons. The van der Waals surface area contributed by atoms with Gasteiger partial charge >= 0.3 is 0 Å². The van der Waals surface area contributed by atoms with Crippen LogP contribution >= 0.6 is 0 Å². The molecule has 1 unspecified atom stereocenters. The Bertz CT molecular complexity index is 532. The van der Waals surface area contributed by atoms with Crippen molar-refractivity contribution in [2.45, 2.75) is 32.7 Å². The van der Waals surface area contributed by atoms with Crippen LogP contribution in [0.15, 0.2) is 18.5 Å². The molecule has 2 aromatic heterocycles. The number of aromatic nitrogens is 4. The summed E-state index contributed by atoms with van der Waals surface area (Å²) in [6, 6.07) is 2.13. The Balaban J connectivity index is 2.35. The first-order valence-corrected chi connectivity index (χ1v) is 6.18. The zero-order chi connectivity index (χ0) is 13.1. The predicted octanol–water partition coefficient (Wildman–Crippen LogP) is 1.47. The van der Waals surface area contributed by atoms with E-state index in [2.05, 4.69) is 21.9 Å². The van der Waals surface area contributed by atoms with Gasteiger partial charge in [0.1, 0.15) is 0 Å². The molecule has 0 aromatic carbocycles. The van der Waals surface area contributed by atoms with E-state index in [1.165, 1.54) is 0 Å². The fraction of sp³-hybridized carbons (Fsp3) is 0.462. The predicted molar refractivity (Wildman–Crippen MR) is 70.9 cm³/mol. The Morgan fingerprint density at radius 2 is 2.17 bits per heavy atom. The number of hydrogen-bond acceptors (Lipinski definition) is 4. The van der Waals surface area contributed by atoms with Gasteiger partial charge in [-0.25, -0.2) is 15.0 Å². The van der Waals surface area contributed by atoms with Crippen LogP contribution in [-0.2, 0) is 13.5 Å². The third-order valence-corrected chi connectivity index (χ3v) is 2.92. The van der Waals surface area contributed by atoms with Gasteiger partial charge in [0, 0.05) is 43.3 Å². The Kier molecular flexibility index (Phi) is 3.72. The molecule has 0 aliphatic rings. The second-order valence-electron chi connectivity index (χ2n) is 4.56. The van der Waals surface area contributed by atoms with E-state index in [9.17, 15) is 0 Å². The lowest BCUT2D eigenvalue weighted by molar-refractivity contribution is 0.635. The minimum atomic E-state index is 0.147. The molecule has 2 aromatic rings. The van der Waals surface area contributed by atoms with E-state index in [0.29, 0.717) is 5.82 Å². The van der Waals surface area contributed by atoms with Crippen molar-refractivity contribution in [2.75, 3.05) is 0 Å². The summed E-state index contributed by atoms with van der Waals surface area (Å²) in [5.41, 5.74) is 7.90. The molecule has 0 saturated heterocycles. The van der Waals surface area contributed by atoms with Crippen LogP contribution in [0.2, 0.25) is 0 Å². The quantitative estimate of drug-likeness (QED) is 0.885. The van der Waals surface area contributed by atoms with Crippen molar-refractivity contribution < 1.29 is 0 Å². The van der Waals surface area contributed by atoms with Crippen LogP contribution < -0.4 is 5.73 Å². The van der Waals surface area contributed by atoms with Gasteiger partial charge in [-0.05, 0) is 19.4 Å². The molecule has 5 heteroatoms. The highest BCUT2D eigenvalue weighted by Gasteiger charge is 2.10. The minimum absolute atomic E-state index is 0.147. The summed E-state index contributed by atoms with van der Waals surface area (Å²) in [6.07, 6.45) is 5.36. The molecule has 18 heavy (non-hydrogen) atoms. The third kappa shape index (κ3) is 2.73. The summed E-state index contributed by atoms with van der Waals surface area (Å²) < 4.78 is 1.91. The summed E-state index contributed by atoms with van der Waals surface area (Å²) in [4.78, 5) is 13.3. The van der Waals surface area contributed by atoms with Gasteiger partial charge in [0.05, 0.1) is 0 Å². The Morgan fingerprint density at radius 1 is 1.39 bits per heavy atom. The van der Waals surface area contributed by atoms with Crippen LogP contribution in [0.25, 0.3) is 11.6 Å². The van der Waals surface area contributed by atoms with Crippen molar-refractivity contribution in [3.63, 3.8) is 0 Å². The van der Waals surface area contributed by atoms with Gasteiger partial charge in [0.15, 0.2) is 11.6 Å². The average molecular weight is 245 g/mol. The molecule has 2 rings (SSSR count). The van der Waals surface area contributed by atoms with Crippen LogP contribution in [0.4, 0.5) is 0 Å². The molecule has 0 bridgehead atoms.